The highest BCUT2D eigenvalue weighted by Crippen LogP contribution is 2.30. The fraction of sp³-hybridized carbons (Fsp3) is 0.308. The van der Waals surface area contributed by atoms with Crippen molar-refractivity contribution in [2.75, 3.05) is 24.7 Å². The highest BCUT2D eigenvalue weighted by atomic mass is 15.3. The van der Waals surface area contributed by atoms with E-state index in [1.54, 1.807) is 4.68 Å². The van der Waals surface area contributed by atoms with E-state index in [0.717, 1.165) is 16.9 Å². The van der Waals surface area contributed by atoms with Crippen molar-refractivity contribution in [1.29, 1.82) is 0 Å². The molecule has 0 saturated carbocycles. The monoisotopic (exact) mass is 230 g/mol. The molecule has 0 amide bonds. The Bertz CT molecular complexity index is 521. The van der Waals surface area contributed by atoms with E-state index in [4.69, 9.17) is 5.73 Å². The molecule has 0 spiro atoms. The Labute approximate surface area is 102 Å². The number of nitrogen functional groups attached to an aromatic ring is 1. The largest absolute Gasteiger partial charge is 0.384 e. The Morgan fingerprint density at radius 2 is 1.94 bits per heavy atom. The third-order valence-electron chi connectivity index (χ3n) is 2.83. The molecule has 1 aromatic carbocycles. The van der Waals surface area contributed by atoms with Crippen LogP contribution in [0.1, 0.15) is 5.56 Å². The van der Waals surface area contributed by atoms with Crippen LogP contribution < -0.4 is 10.6 Å². The minimum absolute atomic E-state index is 0.672. The Hall–Kier alpha value is -1.97. The van der Waals surface area contributed by atoms with Crippen LogP contribution in [-0.2, 0) is 7.05 Å². The smallest absolute Gasteiger partial charge is 0.121 e. The lowest BCUT2D eigenvalue weighted by Crippen LogP contribution is -2.10. The molecule has 17 heavy (non-hydrogen) atoms. The fourth-order valence-corrected chi connectivity index (χ4v) is 1.86. The third-order valence-corrected chi connectivity index (χ3v) is 2.83. The zero-order valence-corrected chi connectivity index (χ0v) is 10.7. The highest BCUT2D eigenvalue weighted by molar-refractivity contribution is 5.77. The van der Waals surface area contributed by atoms with Gasteiger partial charge in [-0.3, -0.25) is 4.68 Å². The normalized spacial score (nSPS) is 10.6. The molecule has 2 N–H and O–H groups in total. The quantitative estimate of drug-likeness (QED) is 0.858. The molecule has 0 aliphatic heterocycles. The van der Waals surface area contributed by atoms with Crippen molar-refractivity contribution in [2.45, 2.75) is 6.92 Å². The number of aromatic nitrogens is 2. The molecular weight excluding hydrogens is 212 g/mol. The number of hydrogen-bond acceptors (Lipinski definition) is 3. The van der Waals surface area contributed by atoms with E-state index in [9.17, 15) is 0 Å². The van der Waals surface area contributed by atoms with E-state index >= 15 is 0 Å². The van der Waals surface area contributed by atoms with E-state index in [1.165, 1.54) is 5.56 Å². The first-order valence-corrected chi connectivity index (χ1v) is 5.57. The lowest BCUT2D eigenvalue weighted by molar-refractivity contribution is 0.782. The summed E-state index contributed by atoms with van der Waals surface area (Å²) in [4.78, 5) is 2.08. The predicted octanol–water partition coefficient (Wildman–Crippen LogP) is 2.04. The van der Waals surface area contributed by atoms with Gasteiger partial charge in [0.25, 0.3) is 0 Å². The molecule has 0 aliphatic rings. The van der Waals surface area contributed by atoms with Crippen molar-refractivity contribution in [1.82, 2.24) is 9.78 Å². The molecule has 1 aromatic heterocycles. The Morgan fingerprint density at radius 3 is 2.47 bits per heavy atom. The van der Waals surface area contributed by atoms with Crippen molar-refractivity contribution < 1.29 is 0 Å². The number of nitrogens with zero attached hydrogens (tertiary/aromatic N) is 3. The van der Waals surface area contributed by atoms with E-state index in [-0.39, 0.29) is 0 Å². The van der Waals surface area contributed by atoms with Gasteiger partial charge < -0.3 is 10.6 Å². The molecule has 2 rings (SSSR count). The van der Waals surface area contributed by atoms with Gasteiger partial charge in [0.15, 0.2) is 0 Å². The van der Waals surface area contributed by atoms with Crippen molar-refractivity contribution in [3.05, 3.63) is 29.8 Å². The Balaban J connectivity index is 2.60. The summed E-state index contributed by atoms with van der Waals surface area (Å²) in [5.41, 5.74) is 10.2. The van der Waals surface area contributed by atoms with Crippen molar-refractivity contribution in [2.24, 2.45) is 7.05 Å². The van der Waals surface area contributed by atoms with Crippen LogP contribution in [0.15, 0.2) is 24.3 Å². The van der Waals surface area contributed by atoms with Gasteiger partial charge in [-0.25, -0.2) is 0 Å². The molecule has 0 aliphatic carbocycles. The zero-order valence-electron chi connectivity index (χ0n) is 10.7. The van der Waals surface area contributed by atoms with Gasteiger partial charge in [-0.15, -0.1) is 0 Å². The first-order valence-electron chi connectivity index (χ1n) is 5.57. The van der Waals surface area contributed by atoms with Crippen LogP contribution in [0.4, 0.5) is 11.5 Å². The van der Waals surface area contributed by atoms with Crippen LogP contribution in [0.2, 0.25) is 0 Å². The molecule has 1 heterocycles. The summed E-state index contributed by atoms with van der Waals surface area (Å²) in [6.07, 6.45) is 0. The van der Waals surface area contributed by atoms with Crippen LogP contribution in [0.3, 0.4) is 0 Å². The van der Waals surface area contributed by atoms with Gasteiger partial charge in [0.2, 0.25) is 0 Å². The maximum absolute atomic E-state index is 5.83. The van der Waals surface area contributed by atoms with Gasteiger partial charge in [-0.1, -0.05) is 11.6 Å². The molecule has 2 aromatic rings. The van der Waals surface area contributed by atoms with E-state index < -0.39 is 0 Å². The fourth-order valence-electron chi connectivity index (χ4n) is 1.86. The molecule has 0 fully saturated rings. The first-order chi connectivity index (χ1) is 7.99. The van der Waals surface area contributed by atoms with Gasteiger partial charge in [0, 0.05) is 38.5 Å². The minimum atomic E-state index is 0.672. The molecule has 0 radical (unpaired) electrons. The number of rotatable bonds is 2. The molecule has 0 saturated heterocycles. The Morgan fingerprint density at radius 1 is 1.24 bits per heavy atom. The van der Waals surface area contributed by atoms with Gasteiger partial charge >= 0.3 is 0 Å². The van der Waals surface area contributed by atoms with Gasteiger partial charge in [-0.2, -0.15) is 5.10 Å². The summed E-state index contributed by atoms with van der Waals surface area (Å²) in [5, 5.41) is 4.43. The molecule has 0 bridgehead atoms. The third kappa shape index (κ3) is 2.11. The Kier molecular flexibility index (Phi) is 2.79. The average Bonchev–Trinajstić information content (AvgIpc) is 2.58. The van der Waals surface area contributed by atoms with Crippen LogP contribution in [0.25, 0.3) is 11.3 Å². The van der Waals surface area contributed by atoms with Crippen molar-refractivity contribution in [3.63, 3.8) is 0 Å². The molecular formula is C13H18N4. The van der Waals surface area contributed by atoms with Crippen LogP contribution >= 0.6 is 0 Å². The molecule has 90 valence electrons. The second kappa shape index (κ2) is 4.13. The standard InChI is InChI=1S/C13H18N4/c1-9-5-6-12(16(2)3)10(7-9)11-8-13(14)17(4)15-11/h5-8H,14H2,1-4H3. The minimum Gasteiger partial charge on any atom is -0.384 e. The zero-order chi connectivity index (χ0) is 12.6. The summed E-state index contributed by atoms with van der Waals surface area (Å²) >= 11 is 0. The maximum atomic E-state index is 5.83. The predicted molar refractivity (Wildman–Crippen MR) is 72.1 cm³/mol. The summed E-state index contributed by atoms with van der Waals surface area (Å²) in [7, 11) is 5.91. The second-order valence-corrected chi connectivity index (χ2v) is 4.49. The van der Waals surface area contributed by atoms with Gasteiger partial charge in [-0.05, 0) is 19.1 Å². The first kappa shape index (κ1) is 11.5. The summed E-state index contributed by atoms with van der Waals surface area (Å²) in [5.74, 6) is 0.672. The van der Waals surface area contributed by atoms with Crippen LogP contribution in [0.5, 0.6) is 0 Å². The van der Waals surface area contributed by atoms with Crippen LogP contribution in [-0.4, -0.2) is 23.9 Å². The maximum Gasteiger partial charge on any atom is 0.121 e. The van der Waals surface area contributed by atoms with Crippen molar-refractivity contribution in [3.8, 4) is 11.3 Å². The number of anilines is 2. The van der Waals surface area contributed by atoms with Crippen molar-refractivity contribution >= 4 is 11.5 Å². The number of benzene rings is 1. The lowest BCUT2D eigenvalue weighted by atomic mass is 10.1. The number of nitrogens with two attached hydrogens (primary N) is 1. The van der Waals surface area contributed by atoms with Gasteiger partial charge in [0.1, 0.15) is 5.82 Å². The molecule has 0 atom stereocenters. The second-order valence-electron chi connectivity index (χ2n) is 4.49. The van der Waals surface area contributed by atoms with Crippen LogP contribution in [0, 0.1) is 6.92 Å². The number of aryl methyl sites for hydroxylation is 2. The van der Waals surface area contributed by atoms with E-state index in [2.05, 4.69) is 35.1 Å². The summed E-state index contributed by atoms with van der Waals surface area (Å²) < 4.78 is 1.69. The van der Waals surface area contributed by atoms with Gasteiger partial charge in [0.05, 0.1) is 5.69 Å². The molecule has 4 heteroatoms. The summed E-state index contributed by atoms with van der Waals surface area (Å²) in [6, 6.07) is 8.25. The number of hydrogen-bond donors (Lipinski definition) is 1. The SMILES string of the molecule is Cc1ccc(N(C)C)c(-c2cc(N)n(C)n2)c1. The summed E-state index contributed by atoms with van der Waals surface area (Å²) in [6.45, 7) is 2.08. The lowest BCUT2D eigenvalue weighted by Gasteiger charge is -2.16. The molecule has 0 unspecified atom stereocenters. The highest BCUT2D eigenvalue weighted by Gasteiger charge is 2.11. The van der Waals surface area contributed by atoms with E-state index in [1.807, 2.05) is 27.2 Å². The van der Waals surface area contributed by atoms with E-state index in [0.29, 0.717) is 5.82 Å². The molecule has 4 nitrogen and oxygen atoms in total. The topological polar surface area (TPSA) is 47.1 Å². The average molecular weight is 230 g/mol.